The van der Waals surface area contributed by atoms with Gasteiger partial charge in [-0.3, -0.25) is 9.59 Å². The molecule has 2 aliphatic rings. The number of amides is 1. The lowest BCUT2D eigenvalue weighted by Crippen LogP contribution is -2.49. The molecule has 1 amide bonds. The van der Waals surface area contributed by atoms with Crippen LogP contribution in [-0.2, 0) is 19.1 Å². The Hall–Kier alpha value is -3.10. The van der Waals surface area contributed by atoms with Gasteiger partial charge in [0.25, 0.3) is 5.91 Å². The van der Waals surface area contributed by atoms with Crippen molar-refractivity contribution in [3.05, 3.63) is 53.1 Å². The molecule has 0 saturated carbocycles. The number of hydrogen-bond donors (Lipinski definition) is 0. The number of carbonyl (C=O) groups excluding carboxylic acids is 3. The average Bonchev–Trinajstić information content (AvgIpc) is 2.67. The van der Waals surface area contributed by atoms with E-state index in [0.29, 0.717) is 0 Å². The number of alkyl halides is 3. The minimum absolute atomic E-state index is 0.00962. The first kappa shape index (κ1) is 19.7. The van der Waals surface area contributed by atoms with Crippen molar-refractivity contribution in [1.82, 2.24) is 0 Å². The molecule has 1 unspecified atom stereocenters. The van der Waals surface area contributed by atoms with Crippen LogP contribution in [0.15, 0.2) is 57.8 Å². The summed E-state index contributed by atoms with van der Waals surface area (Å²) < 4.78 is 47.4. The maximum Gasteiger partial charge on any atom is 0.416 e. The van der Waals surface area contributed by atoms with Gasteiger partial charge in [0.2, 0.25) is 5.54 Å². The van der Waals surface area contributed by atoms with Crippen molar-refractivity contribution in [3.63, 3.8) is 0 Å². The highest BCUT2D eigenvalue weighted by atomic mass is 19.4. The maximum atomic E-state index is 14.3. The van der Waals surface area contributed by atoms with Gasteiger partial charge in [0.1, 0.15) is 0 Å². The molecule has 28 heavy (non-hydrogen) atoms. The van der Waals surface area contributed by atoms with E-state index >= 15 is 0 Å². The second-order valence-electron chi connectivity index (χ2n) is 6.31. The van der Waals surface area contributed by atoms with Gasteiger partial charge in [-0.2, -0.15) is 18.3 Å². The largest absolute Gasteiger partial charge is 0.467 e. The van der Waals surface area contributed by atoms with Gasteiger partial charge in [-0.25, -0.2) is 4.79 Å². The van der Waals surface area contributed by atoms with Gasteiger partial charge < -0.3 is 4.74 Å². The lowest BCUT2D eigenvalue weighted by Gasteiger charge is -2.36. The first-order valence-corrected chi connectivity index (χ1v) is 8.38. The van der Waals surface area contributed by atoms with Crippen LogP contribution >= 0.6 is 0 Å². The van der Waals surface area contributed by atoms with Crippen LogP contribution in [0.3, 0.4) is 0 Å². The zero-order chi connectivity index (χ0) is 20.5. The number of hydrogen-bond acceptors (Lipinski definition) is 5. The summed E-state index contributed by atoms with van der Waals surface area (Å²) in [5.41, 5.74) is -5.25. The van der Waals surface area contributed by atoms with Crippen LogP contribution in [0.1, 0.15) is 24.8 Å². The number of esters is 1. The van der Waals surface area contributed by atoms with Crippen molar-refractivity contribution in [2.75, 3.05) is 7.11 Å². The molecule has 0 N–H and O–H groups in total. The summed E-state index contributed by atoms with van der Waals surface area (Å²) in [5, 5.41) is 6.85. The molecular weight excluding hydrogens is 377 g/mol. The van der Waals surface area contributed by atoms with Gasteiger partial charge in [0.15, 0.2) is 5.78 Å². The molecule has 6 nitrogen and oxygen atoms in total. The Morgan fingerprint density at radius 1 is 1.14 bits per heavy atom. The molecule has 1 aromatic rings. The van der Waals surface area contributed by atoms with Gasteiger partial charge in [-0.05, 0) is 30.1 Å². The van der Waals surface area contributed by atoms with E-state index in [0.717, 1.165) is 13.2 Å². The van der Waals surface area contributed by atoms with Gasteiger partial charge in [-0.15, -0.1) is 5.11 Å². The van der Waals surface area contributed by atoms with Crippen molar-refractivity contribution in [3.8, 4) is 0 Å². The Bertz CT molecular complexity index is 932. The molecule has 1 aromatic carbocycles. The number of carbonyl (C=O) groups is 3. The normalized spacial score (nSPS) is 22.9. The highest BCUT2D eigenvalue weighted by molar-refractivity contribution is 6.23. The number of ketones is 1. The molecule has 1 aliphatic carbocycles. The van der Waals surface area contributed by atoms with Crippen molar-refractivity contribution >= 4 is 23.2 Å². The summed E-state index contributed by atoms with van der Waals surface area (Å²) >= 11 is 0. The van der Waals surface area contributed by atoms with Crippen LogP contribution in [0, 0.1) is 0 Å². The van der Waals surface area contributed by atoms with E-state index in [1.165, 1.54) is 24.3 Å². The Balaban J connectivity index is 2.42. The number of benzene rings is 1. The summed E-state index contributed by atoms with van der Waals surface area (Å²) in [5.74, 6) is -3.01. The van der Waals surface area contributed by atoms with Crippen molar-refractivity contribution in [2.24, 2.45) is 10.2 Å². The Morgan fingerprint density at radius 2 is 1.82 bits per heavy atom. The highest BCUT2D eigenvalue weighted by Gasteiger charge is 2.61. The summed E-state index contributed by atoms with van der Waals surface area (Å²) in [6, 6.07) is 7.10. The molecule has 3 rings (SSSR count). The summed E-state index contributed by atoms with van der Waals surface area (Å²) in [6.45, 7) is 0. The molecule has 0 spiro atoms. The van der Waals surface area contributed by atoms with Gasteiger partial charge >= 0.3 is 12.1 Å². The summed E-state index contributed by atoms with van der Waals surface area (Å²) in [4.78, 5) is 36.9. The lowest BCUT2D eigenvalue weighted by atomic mass is 9.74. The van der Waals surface area contributed by atoms with E-state index < -0.39 is 40.5 Å². The molecule has 146 valence electrons. The van der Waals surface area contributed by atoms with Crippen LogP contribution in [0.2, 0.25) is 0 Å². The minimum Gasteiger partial charge on any atom is -0.467 e. The molecular formula is C19H15F3N2O4. The summed E-state index contributed by atoms with van der Waals surface area (Å²) in [6.07, 6.45) is -3.73. The first-order chi connectivity index (χ1) is 13.2. The standard InChI is InChI=1S/C19H15F3N2O4/c1-28-17(27)18(12-8-5-9-13(25)10-12)15(19(20,21)22)14(16(26)23-24-18)11-6-3-2-4-7-11/h2-4,6-7,10H,5,8-9H2,1H3. The fraction of sp³-hybridized carbons (Fsp3) is 0.316. The number of halogens is 3. The van der Waals surface area contributed by atoms with Crippen LogP contribution in [0.25, 0.3) is 5.57 Å². The SMILES string of the molecule is COC(=O)C1(C2=CC(=O)CCC2)N=NC(=O)C(c2ccccc2)=C1C(F)(F)F. The number of methoxy groups -OCH3 is 1. The van der Waals surface area contributed by atoms with Crippen LogP contribution in [-0.4, -0.2) is 36.5 Å². The second-order valence-corrected chi connectivity index (χ2v) is 6.31. The predicted octanol–water partition coefficient (Wildman–Crippen LogP) is 3.59. The molecule has 1 atom stereocenters. The zero-order valence-corrected chi connectivity index (χ0v) is 14.7. The van der Waals surface area contributed by atoms with E-state index in [2.05, 4.69) is 15.0 Å². The van der Waals surface area contributed by atoms with Crippen molar-refractivity contribution in [2.45, 2.75) is 31.0 Å². The van der Waals surface area contributed by atoms with E-state index in [-0.39, 0.29) is 30.4 Å². The Labute approximate surface area is 157 Å². The van der Waals surface area contributed by atoms with Gasteiger partial charge in [0, 0.05) is 6.42 Å². The molecule has 0 radical (unpaired) electrons. The van der Waals surface area contributed by atoms with Crippen molar-refractivity contribution in [1.29, 1.82) is 0 Å². The van der Waals surface area contributed by atoms with Gasteiger partial charge in [0.05, 0.1) is 18.3 Å². The van der Waals surface area contributed by atoms with E-state index in [1.54, 1.807) is 6.07 Å². The molecule has 9 heteroatoms. The molecule has 0 aromatic heterocycles. The number of allylic oxidation sites excluding steroid dienone is 1. The highest BCUT2D eigenvalue weighted by Crippen LogP contribution is 2.49. The monoisotopic (exact) mass is 392 g/mol. The first-order valence-electron chi connectivity index (χ1n) is 8.38. The third-order valence-electron chi connectivity index (χ3n) is 4.61. The smallest absolute Gasteiger partial charge is 0.416 e. The molecule has 0 fully saturated rings. The Kier molecular flexibility index (Phi) is 5.01. The molecule has 0 saturated heterocycles. The zero-order valence-electron chi connectivity index (χ0n) is 14.7. The number of rotatable bonds is 3. The van der Waals surface area contributed by atoms with Crippen LogP contribution in [0.5, 0.6) is 0 Å². The number of ether oxygens (including phenoxy) is 1. The third-order valence-corrected chi connectivity index (χ3v) is 4.61. The minimum atomic E-state index is -5.12. The third kappa shape index (κ3) is 3.17. The van der Waals surface area contributed by atoms with Crippen LogP contribution < -0.4 is 0 Å². The average molecular weight is 392 g/mol. The van der Waals surface area contributed by atoms with E-state index in [9.17, 15) is 27.6 Å². The van der Waals surface area contributed by atoms with Crippen LogP contribution in [0.4, 0.5) is 13.2 Å². The second kappa shape index (κ2) is 7.14. The Morgan fingerprint density at radius 3 is 2.39 bits per heavy atom. The van der Waals surface area contributed by atoms with E-state index in [4.69, 9.17) is 0 Å². The lowest BCUT2D eigenvalue weighted by molar-refractivity contribution is -0.150. The number of azo groups is 1. The molecule has 1 heterocycles. The summed E-state index contributed by atoms with van der Waals surface area (Å²) in [7, 11) is 0.914. The van der Waals surface area contributed by atoms with Crippen molar-refractivity contribution < 1.29 is 32.3 Å². The fourth-order valence-corrected chi connectivity index (χ4v) is 3.45. The number of nitrogens with zero attached hydrogens (tertiary/aromatic N) is 2. The quantitative estimate of drug-likeness (QED) is 0.736. The van der Waals surface area contributed by atoms with E-state index in [1.807, 2.05) is 0 Å². The fourth-order valence-electron chi connectivity index (χ4n) is 3.45. The van der Waals surface area contributed by atoms with Gasteiger partial charge in [-0.1, -0.05) is 30.3 Å². The molecule has 1 aliphatic heterocycles. The predicted molar refractivity (Wildman–Crippen MR) is 91.0 cm³/mol. The maximum absolute atomic E-state index is 14.3. The topological polar surface area (TPSA) is 85.2 Å². The molecule has 0 bridgehead atoms.